The van der Waals surface area contributed by atoms with Crippen LogP contribution in [0.25, 0.3) is 0 Å². The van der Waals surface area contributed by atoms with Crippen molar-refractivity contribution in [2.24, 2.45) is 5.92 Å². The molecule has 2 saturated heterocycles. The first-order valence-electron chi connectivity index (χ1n) is 9.81. The molecule has 0 aromatic carbocycles. The fraction of sp³-hybridized carbons (Fsp3) is 0.889. The number of hydrogen-bond donors (Lipinski definition) is 0. The lowest BCUT2D eigenvalue weighted by Gasteiger charge is -2.28. The van der Waals surface area contributed by atoms with E-state index in [0.717, 1.165) is 43.0 Å². The summed E-state index contributed by atoms with van der Waals surface area (Å²) in [5.74, 6) is -0.673. The number of carbonyl (C=O) groups is 2. The minimum Gasteiger partial charge on any atom is -0.337 e. The van der Waals surface area contributed by atoms with Crippen LogP contribution in [0.15, 0.2) is 0 Å². The van der Waals surface area contributed by atoms with Gasteiger partial charge in [0.05, 0.1) is 24.3 Å². The van der Waals surface area contributed by atoms with Gasteiger partial charge in [0.1, 0.15) is 0 Å². The minimum atomic E-state index is -3.60. The van der Waals surface area contributed by atoms with Crippen LogP contribution in [0.1, 0.15) is 52.9 Å². The van der Waals surface area contributed by atoms with Crippen molar-refractivity contribution in [3.05, 3.63) is 0 Å². The third-order valence-electron chi connectivity index (χ3n) is 5.70. The Bertz CT molecular complexity index is 618. The Kier molecular flexibility index (Phi) is 7.07. The number of carbonyl (C=O) groups excluding carboxylic acids is 2. The lowest BCUT2D eigenvalue weighted by atomic mass is 9.94. The van der Waals surface area contributed by atoms with Crippen LogP contribution in [0.4, 0.5) is 0 Å². The standard InChI is InChI=1S/C18H33N3O4S/c1-5-9-14-17-15(21(18(14)23)26(4,24)25)11-13-20(17)16(22)10-8-12-19(6-2)7-3/h14-15,17H,5-13H2,1-4H3/t14-,15+,17-/m1/s1. The highest BCUT2D eigenvalue weighted by atomic mass is 32.2. The van der Waals surface area contributed by atoms with Gasteiger partial charge in [-0.15, -0.1) is 0 Å². The summed E-state index contributed by atoms with van der Waals surface area (Å²) < 4.78 is 25.3. The van der Waals surface area contributed by atoms with E-state index < -0.39 is 15.9 Å². The summed E-state index contributed by atoms with van der Waals surface area (Å²) in [7, 11) is -3.60. The van der Waals surface area contributed by atoms with E-state index in [9.17, 15) is 18.0 Å². The highest BCUT2D eigenvalue weighted by Crippen LogP contribution is 2.40. The number of nitrogens with zero attached hydrogens (tertiary/aromatic N) is 3. The zero-order chi connectivity index (χ0) is 19.5. The topological polar surface area (TPSA) is 78.0 Å². The van der Waals surface area contributed by atoms with Gasteiger partial charge >= 0.3 is 0 Å². The molecule has 2 amide bonds. The van der Waals surface area contributed by atoms with Crippen molar-refractivity contribution in [2.75, 3.05) is 32.4 Å². The van der Waals surface area contributed by atoms with Gasteiger partial charge in [0.2, 0.25) is 21.8 Å². The Morgan fingerprint density at radius 3 is 2.42 bits per heavy atom. The second-order valence-corrected chi connectivity index (χ2v) is 9.22. The fourth-order valence-electron chi connectivity index (χ4n) is 4.46. The second kappa shape index (κ2) is 8.69. The normalized spacial score (nSPS) is 26.0. The van der Waals surface area contributed by atoms with Crippen molar-refractivity contribution in [3.63, 3.8) is 0 Å². The van der Waals surface area contributed by atoms with Gasteiger partial charge < -0.3 is 9.80 Å². The summed E-state index contributed by atoms with van der Waals surface area (Å²) >= 11 is 0. The van der Waals surface area contributed by atoms with Crippen molar-refractivity contribution in [1.29, 1.82) is 0 Å². The van der Waals surface area contributed by atoms with Crippen LogP contribution in [-0.2, 0) is 19.6 Å². The minimum absolute atomic E-state index is 0.0499. The van der Waals surface area contributed by atoms with Crippen molar-refractivity contribution in [3.8, 4) is 0 Å². The van der Waals surface area contributed by atoms with E-state index in [1.54, 1.807) is 4.90 Å². The molecule has 8 heteroatoms. The molecule has 0 spiro atoms. The van der Waals surface area contributed by atoms with E-state index in [1.165, 1.54) is 0 Å². The molecule has 2 rings (SSSR count). The molecule has 0 aromatic heterocycles. The number of likely N-dealkylation sites (tertiary alicyclic amines) is 1. The second-order valence-electron chi connectivity index (χ2n) is 7.36. The van der Waals surface area contributed by atoms with E-state index in [0.29, 0.717) is 25.8 Å². The number of rotatable bonds is 9. The highest BCUT2D eigenvalue weighted by molar-refractivity contribution is 7.88. The first-order valence-corrected chi connectivity index (χ1v) is 11.7. The van der Waals surface area contributed by atoms with Crippen LogP contribution in [0, 0.1) is 5.92 Å². The van der Waals surface area contributed by atoms with E-state index in [2.05, 4.69) is 18.7 Å². The lowest BCUT2D eigenvalue weighted by molar-refractivity contribution is -0.134. The summed E-state index contributed by atoms with van der Waals surface area (Å²) in [6.07, 6.45) is 4.29. The average molecular weight is 388 g/mol. The molecule has 0 saturated carbocycles. The lowest BCUT2D eigenvalue weighted by Crippen LogP contribution is -2.43. The van der Waals surface area contributed by atoms with Crippen LogP contribution in [0.3, 0.4) is 0 Å². The molecule has 7 nitrogen and oxygen atoms in total. The molecule has 0 bridgehead atoms. The predicted octanol–water partition coefficient (Wildman–Crippen LogP) is 1.30. The number of hydrogen-bond acceptors (Lipinski definition) is 5. The third kappa shape index (κ3) is 4.22. The Labute approximate surface area is 157 Å². The summed E-state index contributed by atoms with van der Waals surface area (Å²) in [6, 6.07) is -0.682. The molecular weight excluding hydrogens is 354 g/mol. The van der Waals surface area contributed by atoms with Crippen LogP contribution in [-0.4, -0.2) is 78.9 Å². The molecule has 26 heavy (non-hydrogen) atoms. The molecular formula is C18H33N3O4S. The Morgan fingerprint density at radius 2 is 1.88 bits per heavy atom. The number of sulfonamides is 1. The summed E-state index contributed by atoms with van der Waals surface area (Å²) in [6.45, 7) is 9.55. The molecule has 0 N–H and O–H groups in total. The van der Waals surface area contributed by atoms with Gasteiger partial charge in [0.25, 0.3) is 0 Å². The summed E-state index contributed by atoms with van der Waals surface area (Å²) in [4.78, 5) is 29.6. The molecule has 0 aliphatic carbocycles. The van der Waals surface area contributed by atoms with Gasteiger partial charge in [-0.25, -0.2) is 12.7 Å². The molecule has 0 radical (unpaired) electrons. The van der Waals surface area contributed by atoms with Crippen molar-refractivity contribution in [2.45, 2.75) is 65.0 Å². The summed E-state index contributed by atoms with van der Waals surface area (Å²) in [5, 5.41) is 0. The maximum Gasteiger partial charge on any atom is 0.241 e. The molecule has 150 valence electrons. The Morgan fingerprint density at radius 1 is 1.23 bits per heavy atom. The van der Waals surface area contributed by atoms with Gasteiger partial charge in [-0.05, 0) is 38.9 Å². The molecule has 2 aliphatic heterocycles. The first-order chi connectivity index (χ1) is 12.3. The predicted molar refractivity (Wildman–Crippen MR) is 101 cm³/mol. The first kappa shape index (κ1) is 21.2. The highest BCUT2D eigenvalue weighted by Gasteiger charge is 2.56. The fourth-order valence-corrected chi connectivity index (χ4v) is 5.64. The van der Waals surface area contributed by atoms with Crippen LogP contribution in [0.2, 0.25) is 0 Å². The van der Waals surface area contributed by atoms with Crippen LogP contribution in [0.5, 0.6) is 0 Å². The van der Waals surface area contributed by atoms with E-state index in [4.69, 9.17) is 0 Å². The van der Waals surface area contributed by atoms with Gasteiger partial charge in [0.15, 0.2) is 0 Å². The zero-order valence-corrected chi connectivity index (χ0v) is 17.3. The molecule has 0 aromatic rings. The van der Waals surface area contributed by atoms with Crippen molar-refractivity contribution in [1.82, 2.24) is 14.1 Å². The Balaban J connectivity index is 2.10. The average Bonchev–Trinajstić information content (AvgIpc) is 3.10. The Hall–Kier alpha value is -1.15. The molecule has 2 heterocycles. The molecule has 3 atom stereocenters. The number of amides is 2. The van der Waals surface area contributed by atoms with E-state index >= 15 is 0 Å². The van der Waals surface area contributed by atoms with E-state index in [1.807, 2.05) is 6.92 Å². The van der Waals surface area contributed by atoms with Gasteiger partial charge in [-0.3, -0.25) is 9.59 Å². The van der Waals surface area contributed by atoms with E-state index in [-0.39, 0.29) is 23.9 Å². The monoisotopic (exact) mass is 387 g/mol. The smallest absolute Gasteiger partial charge is 0.241 e. The van der Waals surface area contributed by atoms with Crippen molar-refractivity contribution < 1.29 is 18.0 Å². The molecule has 2 aliphatic rings. The van der Waals surface area contributed by atoms with Gasteiger partial charge in [-0.2, -0.15) is 0 Å². The maximum atomic E-state index is 12.8. The largest absolute Gasteiger partial charge is 0.337 e. The summed E-state index contributed by atoms with van der Waals surface area (Å²) in [5.41, 5.74) is 0. The molecule has 0 unspecified atom stereocenters. The van der Waals surface area contributed by atoms with Gasteiger partial charge in [-0.1, -0.05) is 27.2 Å². The van der Waals surface area contributed by atoms with Crippen molar-refractivity contribution >= 4 is 21.8 Å². The van der Waals surface area contributed by atoms with Crippen LogP contribution < -0.4 is 0 Å². The third-order valence-corrected chi connectivity index (χ3v) is 6.87. The SMILES string of the molecule is CCC[C@H]1C(=O)N(S(C)(=O)=O)[C@H]2CCN(C(=O)CCCN(CC)CC)[C@H]12. The quantitative estimate of drug-likeness (QED) is 0.596. The number of fused-ring (bicyclic) bond motifs is 1. The van der Waals surface area contributed by atoms with Crippen LogP contribution >= 0.6 is 0 Å². The van der Waals surface area contributed by atoms with Gasteiger partial charge in [0, 0.05) is 13.0 Å². The zero-order valence-electron chi connectivity index (χ0n) is 16.5. The maximum absolute atomic E-state index is 12.8. The molecule has 2 fully saturated rings.